The standard InChI is InChI=1S/C17H18N2O4/c1-4-13(20)23-10-9-18-15-14(16(21)17(15)22)11-5-7-12(8-6-11)19(2)3/h4-8,18H,1,9-10H2,2-3H3. The molecule has 0 aliphatic carbocycles. The molecule has 0 unspecified atom stereocenters. The van der Waals surface area contributed by atoms with Gasteiger partial charge in [0, 0.05) is 32.4 Å². The lowest BCUT2D eigenvalue weighted by molar-refractivity contribution is -0.137. The summed E-state index contributed by atoms with van der Waals surface area (Å²) >= 11 is 0. The number of anilines is 2. The van der Waals surface area contributed by atoms with Gasteiger partial charge in [-0.3, -0.25) is 9.59 Å². The molecule has 0 aliphatic heterocycles. The number of benzene rings is 1. The molecule has 2 aromatic carbocycles. The normalized spacial score (nSPS) is 10.3. The zero-order valence-corrected chi connectivity index (χ0v) is 13.1. The van der Waals surface area contributed by atoms with Gasteiger partial charge in [-0.15, -0.1) is 0 Å². The first-order valence-corrected chi connectivity index (χ1v) is 7.10. The molecule has 120 valence electrons. The number of carbonyl (C=O) groups is 1. The Morgan fingerprint density at radius 1 is 1.22 bits per heavy atom. The van der Waals surface area contributed by atoms with Gasteiger partial charge in [0.05, 0.1) is 11.3 Å². The maximum Gasteiger partial charge on any atom is 0.330 e. The summed E-state index contributed by atoms with van der Waals surface area (Å²) in [5.41, 5.74) is 1.27. The van der Waals surface area contributed by atoms with Crippen LogP contribution in [0.1, 0.15) is 0 Å². The van der Waals surface area contributed by atoms with Crippen molar-refractivity contribution in [3.05, 3.63) is 57.4 Å². The highest BCUT2D eigenvalue weighted by Crippen LogP contribution is 2.25. The highest BCUT2D eigenvalue weighted by atomic mass is 16.5. The zero-order valence-electron chi connectivity index (χ0n) is 13.1. The lowest BCUT2D eigenvalue weighted by Gasteiger charge is -2.15. The molecule has 6 nitrogen and oxygen atoms in total. The third-order valence-corrected chi connectivity index (χ3v) is 3.40. The minimum Gasteiger partial charge on any atom is -0.461 e. The number of carbonyl (C=O) groups excluding carboxylic acids is 1. The topological polar surface area (TPSA) is 75.7 Å². The van der Waals surface area contributed by atoms with E-state index in [9.17, 15) is 14.4 Å². The molecule has 0 spiro atoms. The molecular formula is C17H18N2O4. The third-order valence-electron chi connectivity index (χ3n) is 3.40. The smallest absolute Gasteiger partial charge is 0.330 e. The van der Waals surface area contributed by atoms with Crippen molar-refractivity contribution in [1.82, 2.24) is 0 Å². The average Bonchev–Trinajstić information content (AvgIpc) is 2.56. The quantitative estimate of drug-likeness (QED) is 0.358. The average molecular weight is 314 g/mol. The van der Waals surface area contributed by atoms with E-state index in [-0.39, 0.29) is 18.8 Å². The Morgan fingerprint density at radius 3 is 2.43 bits per heavy atom. The van der Waals surface area contributed by atoms with Crippen molar-refractivity contribution < 1.29 is 9.53 Å². The Morgan fingerprint density at radius 2 is 1.87 bits per heavy atom. The fourth-order valence-corrected chi connectivity index (χ4v) is 2.15. The predicted octanol–water partition coefficient (Wildman–Crippen LogP) is 1.16. The Balaban J connectivity index is 2.10. The van der Waals surface area contributed by atoms with Crippen LogP contribution < -0.4 is 21.1 Å². The van der Waals surface area contributed by atoms with Crippen LogP contribution in [-0.4, -0.2) is 33.2 Å². The van der Waals surface area contributed by atoms with Crippen molar-refractivity contribution in [3.8, 4) is 11.1 Å². The molecule has 1 N–H and O–H groups in total. The summed E-state index contributed by atoms with van der Waals surface area (Å²) < 4.78 is 4.81. The summed E-state index contributed by atoms with van der Waals surface area (Å²) in [6, 6.07) is 7.35. The molecule has 0 heterocycles. The molecule has 0 radical (unpaired) electrons. The van der Waals surface area contributed by atoms with Gasteiger partial charge in [-0.25, -0.2) is 4.79 Å². The van der Waals surface area contributed by atoms with Crippen molar-refractivity contribution in [1.29, 1.82) is 0 Å². The fourth-order valence-electron chi connectivity index (χ4n) is 2.15. The van der Waals surface area contributed by atoms with E-state index in [1.165, 1.54) is 0 Å². The molecule has 0 saturated carbocycles. The molecule has 0 amide bonds. The van der Waals surface area contributed by atoms with Gasteiger partial charge in [0.1, 0.15) is 6.61 Å². The fraction of sp³-hybridized carbons (Fsp3) is 0.235. The van der Waals surface area contributed by atoms with Crippen LogP contribution in [0.3, 0.4) is 0 Å². The molecule has 0 atom stereocenters. The summed E-state index contributed by atoms with van der Waals surface area (Å²) in [6.07, 6.45) is 1.06. The summed E-state index contributed by atoms with van der Waals surface area (Å²) in [6.45, 7) is 3.62. The van der Waals surface area contributed by atoms with E-state index in [1.807, 2.05) is 31.1 Å². The van der Waals surface area contributed by atoms with Gasteiger partial charge >= 0.3 is 5.97 Å². The van der Waals surface area contributed by atoms with Gasteiger partial charge in [-0.1, -0.05) is 18.7 Å². The lowest BCUT2D eigenvalue weighted by atomic mass is 9.98. The highest BCUT2D eigenvalue weighted by Gasteiger charge is 2.21. The van der Waals surface area contributed by atoms with E-state index < -0.39 is 16.8 Å². The summed E-state index contributed by atoms with van der Waals surface area (Å²) in [7, 11) is 3.84. The zero-order chi connectivity index (χ0) is 17.0. The highest BCUT2D eigenvalue weighted by molar-refractivity contribution is 5.83. The monoisotopic (exact) mass is 314 g/mol. The molecule has 2 rings (SSSR count). The largest absolute Gasteiger partial charge is 0.461 e. The second-order valence-electron chi connectivity index (χ2n) is 5.15. The Kier molecular flexibility index (Phi) is 4.95. The SMILES string of the molecule is C=CC(=O)OCCNc1c(-c2ccc(N(C)C)cc2)c(=O)c1=O. The van der Waals surface area contributed by atoms with Gasteiger partial charge in [-0.2, -0.15) is 0 Å². The van der Waals surface area contributed by atoms with Gasteiger partial charge in [0.2, 0.25) is 10.9 Å². The van der Waals surface area contributed by atoms with Gasteiger partial charge < -0.3 is 15.0 Å². The number of nitrogens with zero attached hydrogens (tertiary/aromatic N) is 1. The summed E-state index contributed by atoms with van der Waals surface area (Å²) in [5.74, 6) is -0.531. The molecule has 23 heavy (non-hydrogen) atoms. The molecule has 2 aromatic rings. The maximum atomic E-state index is 11.8. The Bertz CT molecular complexity index is 784. The van der Waals surface area contributed by atoms with E-state index in [2.05, 4.69) is 11.9 Å². The van der Waals surface area contributed by atoms with E-state index in [0.29, 0.717) is 11.1 Å². The molecule has 0 bridgehead atoms. The maximum absolute atomic E-state index is 11.8. The number of rotatable bonds is 7. The van der Waals surface area contributed by atoms with Crippen molar-refractivity contribution in [2.45, 2.75) is 0 Å². The van der Waals surface area contributed by atoms with Gasteiger partial charge in [0.25, 0.3) is 0 Å². The van der Waals surface area contributed by atoms with Crippen molar-refractivity contribution in [3.63, 3.8) is 0 Å². The van der Waals surface area contributed by atoms with Crippen LogP contribution >= 0.6 is 0 Å². The lowest BCUT2D eigenvalue weighted by Crippen LogP contribution is -2.37. The van der Waals surface area contributed by atoms with E-state index in [4.69, 9.17) is 4.74 Å². The van der Waals surface area contributed by atoms with Crippen molar-refractivity contribution in [2.75, 3.05) is 37.5 Å². The van der Waals surface area contributed by atoms with Gasteiger partial charge in [0.15, 0.2) is 0 Å². The molecule has 0 saturated heterocycles. The minimum absolute atomic E-state index is 0.0860. The molecular weight excluding hydrogens is 296 g/mol. The molecule has 0 fully saturated rings. The van der Waals surface area contributed by atoms with Crippen LogP contribution in [0.4, 0.5) is 11.4 Å². The van der Waals surface area contributed by atoms with Crippen LogP contribution in [0.25, 0.3) is 11.1 Å². The first kappa shape index (κ1) is 16.5. The summed E-state index contributed by atoms with van der Waals surface area (Å²) in [4.78, 5) is 36.4. The third kappa shape index (κ3) is 3.48. The molecule has 6 heteroatoms. The van der Waals surface area contributed by atoms with Crippen molar-refractivity contribution in [2.24, 2.45) is 0 Å². The molecule has 0 aliphatic rings. The van der Waals surface area contributed by atoms with E-state index >= 15 is 0 Å². The molecule has 0 aromatic heterocycles. The minimum atomic E-state index is -0.549. The number of hydrogen-bond donors (Lipinski definition) is 1. The van der Waals surface area contributed by atoms with E-state index in [1.54, 1.807) is 12.1 Å². The number of ether oxygens (including phenoxy) is 1. The van der Waals surface area contributed by atoms with Crippen LogP contribution in [-0.2, 0) is 9.53 Å². The van der Waals surface area contributed by atoms with Crippen LogP contribution in [0, 0.1) is 0 Å². The number of nitrogens with one attached hydrogen (secondary N) is 1. The first-order valence-electron chi connectivity index (χ1n) is 7.10. The second-order valence-corrected chi connectivity index (χ2v) is 5.15. The van der Waals surface area contributed by atoms with Gasteiger partial charge in [-0.05, 0) is 17.7 Å². The first-order chi connectivity index (χ1) is 11.0. The van der Waals surface area contributed by atoms with Crippen LogP contribution in [0.5, 0.6) is 0 Å². The van der Waals surface area contributed by atoms with Crippen LogP contribution in [0.2, 0.25) is 0 Å². The number of hydrogen-bond acceptors (Lipinski definition) is 6. The predicted molar refractivity (Wildman–Crippen MR) is 90.8 cm³/mol. The summed E-state index contributed by atoms with van der Waals surface area (Å²) in [5, 5.41) is 2.85. The van der Waals surface area contributed by atoms with Crippen LogP contribution in [0.15, 0.2) is 46.5 Å². The van der Waals surface area contributed by atoms with E-state index in [0.717, 1.165) is 11.8 Å². The van der Waals surface area contributed by atoms with Crippen molar-refractivity contribution >= 4 is 17.3 Å². The Hall–Kier alpha value is -2.89. The second kappa shape index (κ2) is 6.91. The Labute approximate surface area is 133 Å². The number of esters is 1.